The lowest BCUT2D eigenvalue weighted by molar-refractivity contribution is 0.354. The van der Waals surface area contributed by atoms with Crippen LogP contribution in [-0.4, -0.2) is 14.2 Å². The van der Waals surface area contributed by atoms with E-state index in [1.54, 1.807) is 14.2 Å². The fourth-order valence-electron chi connectivity index (χ4n) is 2.49. The van der Waals surface area contributed by atoms with Crippen molar-refractivity contribution in [2.45, 2.75) is 0 Å². The van der Waals surface area contributed by atoms with Gasteiger partial charge in [0, 0.05) is 11.6 Å². The Balaban J connectivity index is 2.26. The molecule has 3 aromatic rings. The first-order chi connectivity index (χ1) is 10.8. The Morgan fingerprint density at radius 3 is 1.86 bits per heavy atom. The SMILES string of the molecule is COc1[c]c(-c2ccccc2)c(-c2ccccc2)cc1OC. The zero-order valence-electron chi connectivity index (χ0n) is 12.7. The fraction of sp³-hybridized carbons (Fsp3) is 0.100. The summed E-state index contributed by atoms with van der Waals surface area (Å²) in [5.41, 5.74) is 4.30. The summed E-state index contributed by atoms with van der Waals surface area (Å²) in [7, 11) is 3.27. The minimum atomic E-state index is 0.612. The lowest BCUT2D eigenvalue weighted by Crippen LogP contribution is -1.94. The molecule has 22 heavy (non-hydrogen) atoms. The third-order valence-corrected chi connectivity index (χ3v) is 3.58. The molecule has 0 spiro atoms. The van der Waals surface area contributed by atoms with Gasteiger partial charge in [0.25, 0.3) is 0 Å². The minimum absolute atomic E-state index is 0.612. The largest absolute Gasteiger partial charge is 0.493 e. The summed E-state index contributed by atoms with van der Waals surface area (Å²) < 4.78 is 10.8. The van der Waals surface area contributed by atoms with Gasteiger partial charge in [0.15, 0.2) is 11.5 Å². The van der Waals surface area contributed by atoms with Crippen LogP contribution in [-0.2, 0) is 0 Å². The number of hydrogen-bond acceptors (Lipinski definition) is 2. The van der Waals surface area contributed by atoms with Gasteiger partial charge in [0.05, 0.1) is 14.2 Å². The predicted molar refractivity (Wildman–Crippen MR) is 89.3 cm³/mol. The first kappa shape index (κ1) is 14.2. The van der Waals surface area contributed by atoms with E-state index in [4.69, 9.17) is 9.47 Å². The van der Waals surface area contributed by atoms with E-state index in [0.29, 0.717) is 11.5 Å². The number of benzene rings is 3. The van der Waals surface area contributed by atoms with Crippen LogP contribution in [0.1, 0.15) is 0 Å². The van der Waals surface area contributed by atoms with Gasteiger partial charge in [-0.3, -0.25) is 0 Å². The fourth-order valence-corrected chi connectivity index (χ4v) is 2.49. The van der Waals surface area contributed by atoms with Crippen LogP contribution in [0.2, 0.25) is 0 Å². The second-order valence-electron chi connectivity index (χ2n) is 4.89. The van der Waals surface area contributed by atoms with Crippen LogP contribution in [0.25, 0.3) is 22.3 Å². The van der Waals surface area contributed by atoms with Crippen LogP contribution >= 0.6 is 0 Å². The lowest BCUT2D eigenvalue weighted by atomic mass is 9.94. The van der Waals surface area contributed by atoms with Crippen molar-refractivity contribution < 1.29 is 9.47 Å². The first-order valence-electron chi connectivity index (χ1n) is 7.12. The number of hydrogen-bond donors (Lipinski definition) is 0. The average molecular weight is 289 g/mol. The molecule has 3 rings (SSSR count). The maximum Gasteiger partial charge on any atom is 0.169 e. The lowest BCUT2D eigenvalue weighted by Gasteiger charge is -2.15. The standard InChI is InChI=1S/C20H17O2/c1-21-19-13-17(15-9-5-3-6-10-15)18(14-20(19)22-2)16-11-7-4-8-12-16/h3-13H,1-2H3. The highest BCUT2D eigenvalue weighted by molar-refractivity contribution is 5.85. The summed E-state index contributed by atoms with van der Waals surface area (Å²) in [5.74, 6) is 1.29. The topological polar surface area (TPSA) is 18.5 Å². The molecular weight excluding hydrogens is 272 g/mol. The Bertz CT molecular complexity index is 683. The molecular formula is C20H17O2. The molecule has 0 fully saturated rings. The smallest absolute Gasteiger partial charge is 0.169 e. The van der Waals surface area contributed by atoms with Crippen LogP contribution < -0.4 is 9.47 Å². The molecule has 0 aromatic heterocycles. The van der Waals surface area contributed by atoms with E-state index >= 15 is 0 Å². The van der Waals surface area contributed by atoms with Crippen molar-refractivity contribution in [1.82, 2.24) is 0 Å². The molecule has 0 unspecified atom stereocenters. The maximum atomic E-state index is 5.43. The van der Waals surface area contributed by atoms with Gasteiger partial charge in [-0.2, -0.15) is 0 Å². The number of methoxy groups -OCH3 is 2. The third kappa shape index (κ3) is 2.68. The molecule has 0 atom stereocenters. The van der Waals surface area contributed by atoms with Crippen LogP contribution in [0, 0.1) is 6.07 Å². The van der Waals surface area contributed by atoms with E-state index in [2.05, 4.69) is 30.3 Å². The van der Waals surface area contributed by atoms with E-state index < -0.39 is 0 Å². The highest BCUT2D eigenvalue weighted by atomic mass is 16.5. The predicted octanol–water partition coefficient (Wildman–Crippen LogP) is 4.84. The summed E-state index contributed by atoms with van der Waals surface area (Å²) in [5, 5.41) is 0. The van der Waals surface area contributed by atoms with Crippen LogP contribution in [0.3, 0.4) is 0 Å². The summed E-state index contributed by atoms with van der Waals surface area (Å²) >= 11 is 0. The molecule has 0 heterocycles. The van der Waals surface area contributed by atoms with Gasteiger partial charge in [-0.1, -0.05) is 60.7 Å². The van der Waals surface area contributed by atoms with E-state index in [1.807, 2.05) is 42.5 Å². The molecule has 109 valence electrons. The van der Waals surface area contributed by atoms with Gasteiger partial charge in [-0.25, -0.2) is 0 Å². The summed E-state index contributed by atoms with van der Waals surface area (Å²) in [4.78, 5) is 0. The molecule has 0 bridgehead atoms. The van der Waals surface area contributed by atoms with Gasteiger partial charge in [-0.05, 0) is 22.8 Å². The van der Waals surface area contributed by atoms with E-state index in [-0.39, 0.29) is 0 Å². The summed E-state index contributed by atoms with van der Waals surface area (Å²) in [6, 6.07) is 25.8. The molecule has 0 amide bonds. The van der Waals surface area contributed by atoms with Gasteiger partial charge in [0.1, 0.15) is 0 Å². The van der Waals surface area contributed by atoms with Crippen molar-refractivity contribution in [1.29, 1.82) is 0 Å². The first-order valence-corrected chi connectivity index (χ1v) is 7.12. The van der Waals surface area contributed by atoms with Crippen LogP contribution in [0.15, 0.2) is 66.7 Å². The zero-order valence-corrected chi connectivity index (χ0v) is 12.7. The van der Waals surface area contributed by atoms with Crippen molar-refractivity contribution in [3.05, 3.63) is 72.8 Å². The summed E-state index contributed by atoms with van der Waals surface area (Å²) in [6.07, 6.45) is 0. The van der Waals surface area contributed by atoms with Crippen molar-refractivity contribution in [3.63, 3.8) is 0 Å². The average Bonchev–Trinajstić information content (AvgIpc) is 2.62. The van der Waals surface area contributed by atoms with Crippen LogP contribution in [0.5, 0.6) is 11.5 Å². The summed E-state index contributed by atoms with van der Waals surface area (Å²) in [6.45, 7) is 0. The van der Waals surface area contributed by atoms with Crippen LogP contribution in [0.4, 0.5) is 0 Å². The quantitative estimate of drug-likeness (QED) is 0.684. The third-order valence-electron chi connectivity index (χ3n) is 3.58. The highest BCUT2D eigenvalue weighted by Gasteiger charge is 2.14. The van der Waals surface area contributed by atoms with Gasteiger partial charge in [0.2, 0.25) is 0 Å². The Hall–Kier alpha value is -2.74. The molecule has 0 aliphatic carbocycles. The Kier molecular flexibility index (Phi) is 4.10. The van der Waals surface area contributed by atoms with Gasteiger partial charge in [-0.15, -0.1) is 0 Å². The Labute approximate surface area is 131 Å². The van der Waals surface area contributed by atoms with Crippen molar-refractivity contribution in [2.75, 3.05) is 14.2 Å². The van der Waals surface area contributed by atoms with Crippen molar-refractivity contribution in [3.8, 4) is 33.8 Å². The molecule has 1 radical (unpaired) electrons. The minimum Gasteiger partial charge on any atom is -0.493 e. The molecule has 2 heteroatoms. The van der Waals surface area contributed by atoms with E-state index in [0.717, 1.165) is 22.3 Å². The molecule has 0 saturated carbocycles. The maximum absolute atomic E-state index is 5.43. The van der Waals surface area contributed by atoms with Crippen molar-refractivity contribution in [2.24, 2.45) is 0 Å². The normalized spacial score (nSPS) is 10.3. The van der Waals surface area contributed by atoms with E-state index in [1.165, 1.54) is 0 Å². The highest BCUT2D eigenvalue weighted by Crippen LogP contribution is 2.40. The zero-order chi connectivity index (χ0) is 15.4. The second kappa shape index (κ2) is 6.35. The monoisotopic (exact) mass is 289 g/mol. The number of rotatable bonds is 4. The molecule has 0 saturated heterocycles. The molecule has 2 nitrogen and oxygen atoms in total. The molecule has 0 aliphatic rings. The van der Waals surface area contributed by atoms with Gasteiger partial charge < -0.3 is 9.47 Å². The Morgan fingerprint density at radius 2 is 1.32 bits per heavy atom. The molecule has 0 aliphatic heterocycles. The van der Waals surface area contributed by atoms with Crippen molar-refractivity contribution >= 4 is 0 Å². The van der Waals surface area contributed by atoms with Gasteiger partial charge >= 0.3 is 0 Å². The Morgan fingerprint density at radius 1 is 0.727 bits per heavy atom. The van der Waals surface area contributed by atoms with E-state index in [9.17, 15) is 0 Å². The molecule has 0 N–H and O–H groups in total. The molecule has 3 aromatic carbocycles. The number of ether oxygens (including phenoxy) is 2. The second-order valence-corrected chi connectivity index (χ2v) is 4.89.